The molecule has 138 valence electrons. The summed E-state index contributed by atoms with van der Waals surface area (Å²) in [6, 6.07) is -0.598. The SMILES string of the molecule is CC(C)C(NC(=O)OC(C)(C)C)C(=O)N1CCC2(CC1)OCCO2. The molecule has 2 heterocycles. The summed E-state index contributed by atoms with van der Waals surface area (Å²) >= 11 is 0. The maximum atomic E-state index is 12.8. The largest absolute Gasteiger partial charge is 0.444 e. The third-order valence-electron chi connectivity index (χ3n) is 4.26. The Morgan fingerprint density at radius 3 is 2.12 bits per heavy atom. The molecule has 1 N–H and O–H groups in total. The Balaban J connectivity index is 1.93. The van der Waals surface area contributed by atoms with Gasteiger partial charge in [-0.15, -0.1) is 0 Å². The smallest absolute Gasteiger partial charge is 0.408 e. The molecule has 7 nitrogen and oxygen atoms in total. The van der Waals surface area contributed by atoms with E-state index in [0.717, 1.165) is 0 Å². The van der Waals surface area contributed by atoms with Gasteiger partial charge in [0.2, 0.25) is 5.91 Å². The number of nitrogens with one attached hydrogen (secondary N) is 1. The standard InChI is InChI=1S/C17H30N2O5/c1-12(2)13(18-15(21)24-16(3,4)5)14(20)19-8-6-17(7-9-19)22-10-11-23-17/h12-13H,6-11H2,1-5H3,(H,18,21). The monoisotopic (exact) mass is 342 g/mol. The molecule has 2 rings (SSSR count). The number of amides is 2. The third-order valence-corrected chi connectivity index (χ3v) is 4.26. The quantitative estimate of drug-likeness (QED) is 0.848. The molecule has 2 aliphatic rings. The van der Waals surface area contributed by atoms with E-state index in [-0.39, 0.29) is 11.8 Å². The van der Waals surface area contributed by atoms with Gasteiger partial charge in [-0.2, -0.15) is 0 Å². The number of alkyl carbamates (subject to hydrolysis) is 1. The fraction of sp³-hybridized carbons (Fsp3) is 0.882. The first-order chi connectivity index (χ1) is 11.1. The molecule has 0 aromatic heterocycles. The van der Waals surface area contributed by atoms with Crippen molar-refractivity contribution in [2.45, 2.75) is 64.9 Å². The van der Waals surface area contributed by atoms with Crippen molar-refractivity contribution in [3.63, 3.8) is 0 Å². The summed E-state index contributed by atoms with van der Waals surface area (Å²) in [7, 11) is 0. The van der Waals surface area contributed by atoms with Crippen molar-refractivity contribution in [3.8, 4) is 0 Å². The number of rotatable bonds is 3. The molecule has 0 aromatic carbocycles. The number of nitrogens with zero attached hydrogens (tertiary/aromatic N) is 1. The van der Waals surface area contributed by atoms with Gasteiger partial charge in [-0.1, -0.05) is 13.8 Å². The van der Waals surface area contributed by atoms with Gasteiger partial charge < -0.3 is 24.4 Å². The van der Waals surface area contributed by atoms with Crippen molar-refractivity contribution in [1.29, 1.82) is 0 Å². The van der Waals surface area contributed by atoms with Crippen molar-refractivity contribution in [2.24, 2.45) is 5.92 Å². The maximum absolute atomic E-state index is 12.8. The predicted octanol–water partition coefficient (Wildman–Crippen LogP) is 1.90. The molecule has 0 aromatic rings. The highest BCUT2D eigenvalue weighted by Crippen LogP contribution is 2.31. The van der Waals surface area contributed by atoms with Gasteiger partial charge >= 0.3 is 6.09 Å². The molecule has 1 spiro atoms. The summed E-state index contributed by atoms with van der Waals surface area (Å²) in [5.41, 5.74) is -0.594. The summed E-state index contributed by atoms with van der Waals surface area (Å²) < 4.78 is 16.6. The zero-order valence-corrected chi connectivity index (χ0v) is 15.4. The first-order valence-electron chi connectivity index (χ1n) is 8.68. The Morgan fingerprint density at radius 1 is 1.12 bits per heavy atom. The number of carbonyl (C=O) groups excluding carboxylic acids is 2. The molecule has 7 heteroatoms. The maximum Gasteiger partial charge on any atom is 0.408 e. The predicted molar refractivity (Wildman–Crippen MR) is 88.4 cm³/mol. The molecule has 2 aliphatic heterocycles. The lowest BCUT2D eigenvalue weighted by molar-refractivity contribution is -0.188. The van der Waals surface area contributed by atoms with Gasteiger partial charge in [0, 0.05) is 25.9 Å². The number of carbonyl (C=O) groups is 2. The minimum Gasteiger partial charge on any atom is -0.444 e. The van der Waals surface area contributed by atoms with Crippen LogP contribution in [-0.4, -0.2) is 60.6 Å². The lowest BCUT2D eigenvalue weighted by Crippen LogP contribution is -2.55. The molecule has 0 aliphatic carbocycles. The van der Waals surface area contributed by atoms with Gasteiger partial charge in [-0.05, 0) is 26.7 Å². The van der Waals surface area contributed by atoms with Crippen molar-refractivity contribution in [3.05, 3.63) is 0 Å². The highest BCUT2D eigenvalue weighted by Gasteiger charge is 2.42. The molecular weight excluding hydrogens is 312 g/mol. The van der Waals surface area contributed by atoms with Crippen LogP contribution in [0.3, 0.4) is 0 Å². The van der Waals surface area contributed by atoms with Crippen LogP contribution in [0, 0.1) is 5.92 Å². The van der Waals surface area contributed by atoms with Gasteiger partial charge in [0.15, 0.2) is 5.79 Å². The molecule has 24 heavy (non-hydrogen) atoms. The Kier molecular flexibility index (Phi) is 5.75. The summed E-state index contributed by atoms with van der Waals surface area (Å²) in [6.07, 6.45) is 0.761. The summed E-state index contributed by atoms with van der Waals surface area (Å²) in [5, 5.41) is 2.72. The van der Waals surface area contributed by atoms with Crippen LogP contribution in [0.4, 0.5) is 4.79 Å². The highest BCUT2D eigenvalue weighted by molar-refractivity contribution is 5.86. The van der Waals surface area contributed by atoms with Crippen LogP contribution >= 0.6 is 0 Å². The first-order valence-corrected chi connectivity index (χ1v) is 8.68. The lowest BCUT2D eigenvalue weighted by atomic mass is 9.99. The van der Waals surface area contributed by atoms with Crippen molar-refractivity contribution >= 4 is 12.0 Å². The number of hydrogen-bond donors (Lipinski definition) is 1. The van der Waals surface area contributed by atoms with E-state index in [1.807, 2.05) is 13.8 Å². The average molecular weight is 342 g/mol. The minimum absolute atomic E-state index is 0.0279. The van der Waals surface area contributed by atoms with E-state index in [1.54, 1.807) is 25.7 Å². The van der Waals surface area contributed by atoms with E-state index in [2.05, 4.69) is 5.32 Å². The fourth-order valence-electron chi connectivity index (χ4n) is 3.00. The molecule has 1 unspecified atom stereocenters. The summed E-state index contributed by atoms with van der Waals surface area (Å²) in [5.74, 6) is -0.619. The van der Waals surface area contributed by atoms with Crippen LogP contribution in [0.15, 0.2) is 0 Å². The van der Waals surface area contributed by atoms with Crippen molar-refractivity contribution < 1.29 is 23.8 Å². The van der Waals surface area contributed by atoms with Gasteiger partial charge in [0.05, 0.1) is 13.2 Å². The number of likely N-dealkylation sites (tertiary alicyclic amines) is 1. The topological polar surface area (TPSA) is 77.1 Å². The van der Waals surface area contributed by atoms with Gasteiger partial charge in [0.1, 0.15) is 11.6 Å². The zero-order valence-electron chi connectivity index (χ0n) is 15.4. The number of piperidine rings is 1. The van der Waals surface area contributed by atoms with Crippen LogP contribution in [0.25, 0.3) is 0 Å². The van der Waals surface area contributed by atoms with Crippen LogP contribution in [-0.2, 0) is 19.0 Å². The first kappa shape index (κ1) is 19.0. The Hall–Kier alpha value is -1.34. The van der Waals surface area contributed by atoms with Gasteiger partial charge in [0.25, 0.3) is 0 Å². The molecule has 2 saturated heterocycles. The lowest BCUT2D eigenvalue weighted by Gasteiger charge is -2.39. The number of ether oxygens (including phenoxy) is 3. The van der Waals surface area contributed by atoms with Crippen LogP contribution in [0.2, 0.25) is 0 Å². The van der Waals surface area contributed by atoms with E-state index < -0.39 is 23.5 Å². The van der Waals surface area contributed by atoms with Gasteiger partial charge in [-0.25, -0.2) is 4.79 Å². The second-order valence-corrected chi connectivity index (χ2v) is 7.80. The van der Waals surface area contributed by atoms with E-state index in [1.165, 1.54) is 0 Å². The normalized spacial score (nSPS) is 21.8. The van der Waals surface area contributed by atoms with Crippen molar-refractivity contribution in [2.75, 3.05) is 26.3 Å². The second-order valence-electron chi connectivity index (χ2n) is 7.80. The number of hydrogen-bond acceptors (Lipinski definition) is 5. The van der Waals surface area contributed by atoms with Gasteiger partial charge in [-0.3, -0.25) is 4.79 Å². The van der Waals surface area contributed by atoms with Crippen LogP contribution in [0.5, 0.6) is 0 Å². The zero-order chi connectivity index (χ0) is 18.0. The van der Waals surface area contributed by atoms with E-state index >= 15 is 0 Å². The molecule has 2 fully saturated rings. The summed E-state index contributed by atoms with van der Waals surface area (Å²) in [6.45, 7) is 11.6. The molecule has 0 saturated carbocycles. The fourth-order valence-corrected chi connectivity index (χ4v) is 3.00. The Morgan fingerprint density at radius 2 is 1.67 bits per heavy atom. The third kappa shape index (κ3) is 4.83. The second kappa shape index (κ2) is 7.27. The van der Waals surface area contributed by atoms with E-state index in [9.17, 15) is 9.59 Å². The molecule has 2 amide bonds. The molecular formula is C17H30N2O5. The van der Waals surface area contributed by atoms with Crippen LogP contribution in [0.1, 0.15) is 47.5 Å². The Labute approximate surface area is 144 Å². The van der Waals surface area contributed by atoms with Crippen LogP contribution < -0.4 is 5.32 Å². The highest BCUT2D eigenvalue weighted by atomic mass is 16.7. The Bertz CT molecular complexity index is 456. The molecule has 0 radical (unpaired) electrons. The minimum atomic E-state index is -0.598. The average Bonchev–Trinajstić information content (AvgIpc) is 2.91. The summed E-state index contributed by atoms with van der Waals surface area (Å²) in [4.78, 5) is 26.6. The van der Waals surface area contributed by atoms with E-state index in [4.69, 9.17) is 14.2 Å². The van der Waals surface area contributed by atoms with Crippen molar-refractivity contribution in [1.82, 2.24) is 10.2 Å². The van der Waals surface area contributed by atoms with E-state index in [0.29, 0.717) is 39.1 Å². The molecule has 1 atom stereocenters. The molecule has 0 bridgehead atoms.